The third-order valence-corrected chi connectivity index (χ3v) is 4.38. The molecule has 102 valence electrons. The minimum Gasteiger partial charge on any atom is -0.311 e. The quantitative estimate of drug-likeness (QED) is 0.434. The molecule has 0 saturated carbocycles. The SMILES string of the molecule is CC(C)(Cc1ccccc1I)NCCCS(=O)O. The molecule has 0 saturated heterocycles. The van der Waals surface area contributed by atoms with E-state index in [0.717, 1.165) is 19.4 Å². The Morgan fingerprint density at radius 3 is 2.67 bits per heavy atom. The summed E-state index contributed by atoms with van der Waals surface area (Å²) in [6, 6.07) is 8.36. The smallest absolute Gasteiger partial charge is 0.152 e. The van der Waals surface area contributed by atoms with Crippen LogP contribution in [0.5, 0.6) is 0 Å². The van der Waals surface area contributed by atoms with E-state index in [9.17, 15) is 4.21 Å². The molecular weight excluding hydrogens is 361 g/mol. The lowest BCUT2D eigenvalue weighted by molar-refractivity contribution is 0.386. The van der Waals surface area contributed by atoms with Gasteiger partial charge in [-0.3, -0.25) is 0 Å². The van der Waals surface area contributed by atoms with Crippen LogP contribution in [0.1, 0.15) is 25.8 Å². The molecule has 0 bridgehead atoms. The fourth-order valence-electron chi connectivity index (χ4n) is 1.80. The average Bonchev–Trinajstić information content (AvgIpc) is 2.27. The van der Waals surface area contributed by atoms with Gasteiger partial charge in [-0.25, -0.2) is 4.21 Å². The standard InChI is InChI=1S/C13H20INO2S/c1-13(2,15-8-5-9-18(16)17)10-11-6-3-4-7-12(11)14/h3-4,6-7,15H,5,8-10H2,1-2H3,(H,16,17). The highest BCUT2D eigenvalue weighted by Crippen LogP contribution is 2.18. The summed E-state index contributed by atoms with van der Waals surface area (Å²) >= 11 is 0.676. The largest absolute Gasteiger partial charge is 0.311 e. The Morgan fingerprint density at radius 2 is 2.06 bits per heavy atom. The predicted octanol–water partition coefficient (Wildman–Crippen LogP) is 2.81. The number of hydrogen-bond donors (Lipinski definition) is 2. The first-order chi connectivity index (χ1) is 8.41. The summed E-state index contributed by atoms with van der Waals surface area (Å²) in [4.78, 5) is 0. The van der Waals surface area contributed by atoms with Crippen LogP contribution < -0.4 is 5.32 Å². The third-order valence-electron chi connectivity index (χ3n) is 2.69. The molecule has 3 nitrogen and oxygen atoms in total. The van der Waals surface area contributed by atoms with Gasteiger partial charge in [0.05, 0.1) is 5.75 Å². The molecule has 0 aromatic heterocycles. The number of hydrogen-bond acceptors (Lipinski definition) is 2. The summed E-state index contributed by atoms with van der Waals surface area (Å²) < 4.78 is 20.5. The highest BCUT2D eigenvalue weighted by atomic mass is 127. The maximum absolute atomic E-state index is 10.5. The van der Waals surface area contributed by atoms with Gasteiger partial charge in [-0.15, -0.1) is 0 Å². The predicted molar refractivity (Wildman–Crippen MR) is 85.2 cm³/mol. The fourth-order valence-corrected chi connectivity index (χ4v) is 2.77. The molecule has 2 N–H and O–H groups in total. The monoisotopic (exact) mass is 381 g/mol. The van der Waals surface area contributed by atoms with Crippen molar-refractivity contribution < 1.29 is 8.76 Å². The van der Waals surface area contributed by atoms with Gasteiger partial charge in [0.1, 0.15) is 0 Å². The molecule has 0 heterocycles. The van der Waals surface area contributed by atoms with Crippen molar-refractivity contribution in [3.8, 4) is 0 Å². The highest BCUT2D eigenvalue weighted by molar-refractivity contribution is 14.1. The van der Waals surface area contributed by atoms with E-state index in [-0.39, 0.29) is 5.54 Å². The third kappa shape index (κ3) is 6.26. The van der Waals surface area contributed by atoms with Crippen molar-refractivity contribution in [3.05, 3.63) is 33.4 Å². The molecule has 0 aliphatic rings. The number of nitrogens with one attached hydrogen (secondary N) is 1. The van der Waals surface area contributed by atoms with Gasteiger partial charge < -0.3 is 9.87 Å². The van der Waals surface area contributed by atoms with Gasteiger partial charge in [-0.1, -0.05) is 18.2 Å². The first kappa shape index (κ1) is 16.1. The number of halogens is 1. The van der Waals surface area contributed by atoms with Gasteiger partial charge >= 0.3 is 0 Å². The zero-order valence-corrected chi connectivity index (χ0v) is 13.8. The lowest BCUT2D eigenvalue weighted by Crippen LogP contribution is -2.42. The molecule has 5 heteroatoms. The molecule has 1 atom stereocenters. The van der Waals surface area contributed by atoms with Crippen LogP contribution >= 0.6 is 22.6 Å². The summed E-state index contributed by atoms with van der Waals surface area (Å²) in [6.45, 7) is 5.08. The first-order valence-corrected chi connectivity index (χ1v) is 8.32. The lowest BCUT2D eigenvalue weighted by atomic mass is 9.95. The molecule has 0 aliphatic heterocycles. The van der Waals surface area contributed by atoms with Crippen LogP contribution in [0.4, 0.5) is 0 Å². The second-order valence-electron chi connectivity index (χ2n) is 4.96. The number of rotatable bonds is 7. The molecule has 0 spiro atoms. The molecule has 0 amide bonds. The summed E-state index contributed by atoms with van der Waals surface area (Å²) in [5.41, 5.74) is 1.33. The van der Waals surface area contributed by atoms with E-state index < -0.39 is 11.1 Å². The molecule has 0 radical (unpaired) electrons. The maximum atomic E-state index is 10.5. The van der Waals surface area contributed by atoms with Gasteiger partial charge in [0.15, 0.2) is 11.1 Å². The summed E-state index contributed by atoms with van der Waals surface area (Å²) in [7, 11) is 0. The van der Waals surface area contributed by atoms with Gasteiger partial charge in [0.2, 0.25) is 0 Å². The lowest BCUT2D eigenvalue weighted by Gasteiger charge is -2.27. The zero-order chi connectivity index (χ0) is 13.6. The molecule has 1 aromatic rings. The van der Waals surface area contributed by atoms with Gasteiger partial charge in [-0.2, -0.15) is 0 Å². The maximum Gasteiger partial charge on any atom is 0.152 e. The van der Waals surface area contributed by atoms with E-state index in [0.29, 0.717) is 5.75 Å². The van der Waals surface area contributed by atoms with E-state index in [1.54, 1.807) is 0 Å². The number of benzene rings is 1. The van der Waals surface area contributed by atoms with Crippen molar-refractivity contribution in [2.45, 2.75) is 32.2 Å². The van der Waals surface area contributed by atoms with Crippen LogP contribution in [0, 0.1) is 3.57 Å². The van der Waals surface area contributed by atoms with E-state index in [2.05, 4.69) is 60.0 Å². The van der Waals surface area contributed by atoms with Crippen molar-refractivity contribution in [1.29, 1.82) is 0 Å². The van der Waals surface area contributed by atoms with Gasteiger partial charge in [0.25, 0.3) is 0 Å². The van der Waals surface area contributed by atoms with Gasteiger partial charge in [0, 0.05) is 9.11 Å². The van der Waals surface area contributed by atoms with Crippen molar-refractivity contribution in [2.24, 2.45) is 0 Å². The molecular formula is C13H20INO2S. The minimum absolute atomic E-state index is 0.00176. The Kier molecular flexibility index (Phi) is 6.76. The van der Waals surface area contributed by atoms with Crippen molar-refractivity contribution in [2.75, 3.05) is 12.3 Å². The van der Waals surface area contributed by atoms with Crippen LogP contribution in [-0.2, 0) is 17.5 Å². The second kappa shape index (κ2) is 7.57. The Hall–Kier alpha value is 0.0200. The fraction of sp³-hybridized carbons (Fsp3) is 0.538. The van der Waals surface area contributed by atoms with Crippen molar-refractivity contribution in [3.63, 3.8) is 0 Å². The van der Waals surface area contributed by atoms with E-state index in [4.69, 9.17) is 4.55 Å². The molecule has 1 rings (SSSR count). The first-order valence-electron chi connectivity index (χ1n) is 5.96. The topological polar surface area (TPSA) is 49.3 Å². The molecule has 0 fully saturated rings. The molecule has 18 heavy (non-hydrogen) atoms. The summed E-state index contributed by atoms with van der Waals surface area (Å²) in [6.07, 6.45) is 1.67. The van der Waals surface area contributed by atoms with Crippen LogP contribution in [0.3, 0.4) is 0 Å². The highest BCUT2D eigenvalue weighted by Gasteiger charge is 2.18. The Labute approximate surface area is 125 Å². The van der Waals surface area contributed by atoms with Crippen LogP contribution in [-0.4, -0.2) is 26.6 Å². The Bertz CT molecular complexity index is 410. The van der Waals surface area contributed by atoms with E-state index in [1.165, 1.54) is 9.13 Å². The zero-order valence-electron chi connectivity index (χ0n) is 10.8. The van der Waals surface area contributed by atoms with Crippen molar-refractivity contribution >= 4 is 33.7 Å². The molecule has 1 unspecified atom stereocenters. The minimum atomic E-state index is -1.68. The molecule has 0 aliphatic carbocycles. The summed E-state index contributed by atoms with van der Waals surface area (Å²) in [5, 5.41) is 3.44. The Morgan fingerprint density at radius 1 is 1.39 bits per heavy atom. The van der Waals surface area contributed by atoms with Crippen LogP contribution in [0.15, 0.2) is 24.3 Å². The normalized spacial score (nSPS) is 13.6. The van der Waals surface area contributed by atoms with Crippen molar-refractivity contribution in [1.82, 2.24) is 5.32 Å². The second-order valence-corrected chi connectivity index (χ2v) is 7.17. The Balaban J connectivity index is 2.44. The van der Waals surface area contributed by atoms with Crippen LogP contribution in [0.2, 0.25) is 0 Å². The van der Waals surface area contributed by atoms with Gasteiger partial charge in [-0.05, 0) is 67.5 Å². The van der Waals surface area contributed by atoms with E-state index in [1.807, 2.05) is 6.07 Å². The van der Waals surface area contributed by atoms with E-state index >= 15 is 0 Å². The molecule has 1 aromatic carbocycles. The average molecular weight is 381 g/mol. The van der Waals surface area contributed by atoms with Crippen LogP contribution in [0.25, 0.3) is 0 Å². The summed E-state index contributed by atoms with van der Waals surface area (Å²) in [5.74, 6) is 0.339.